The normalized spacial score (nSPS) is 10.4. The van der Waals surface area contributed by atoms with Crippen molar-refractivity contribution in [3.05, 3.63) is 35.8 Å². The van der Waals surface area contributed by atoms with Gasteiger partial charge in [0, 0.05) is 25.7 Å². The van der Waals surface area contributed by atoms with Crippen molar-refractivity contribution >= 4 is 11.7 Å². The van der Waals surface area contributed by atoms with Gasteiger partial charge in [-0.3, -0.25) is 0 Å². The van der Waals surface area contributed by atoms with E-state index in [0.717, 1.165) is 0 Å². The number of halogens is 1. The standard InChI is InChI=1S/C12H11FN2O3/c1-15(2)10-4-3-7(5-8(10)13)9-6-11(12(16)17)18-14-9/h3-6H,1-2H3,(H,16,17). The Morgan fingerprint density at radius 1 is 1.39 bits per heavy atom. The average Bonchev–Trinajstić information content (AvgIpc) is 2.77. The first-order valence-corrected chi connectivity index (χ1v) is 5.16. The van der Waals surface area contributed by atoms with Crippen LogP contribution in [0.3, 0.4) is 0 Å². The number of benzene rings is 1. The molecule has 18 heavy (non-hydrogen) atoms. The molecule has 0 spiro atoms. The maximum absolute atomic E-state index is 13.7. The van der Waals surface area contributed by atoms with Crippen LogP contribution in [0.15, 0.2) is 28.8 Å². The molecule has 0 saturated carbocycles. The van der Waals surface area contributed by atoms with E-state index in [0.29, 0.717) is 11.3 Å². The third-order valence-corrected chi connectivity index (χ3v) is 2.45. The second kappa shape index (κ2) is 4.48. The lowest BCUT2D eigenvalue weighted by Gasteiger charge is -2.13. The van der Waals surface area contributed by atoms with E-state index in [-0.39, 0.29) is 11.5 Å². The van der Waals surface area contributed by atoms with Crippen LogP contribution < -0.4 is 4.90 Å². The first kappa shape index (κ1) is 12.1. The Morgan fingerprint density at radius 2 is 2.11 bits per heavy atom. The smallest absolute Gasteiger partial charge is 0.374 e. The number of aromatic nitrogens is 1. The number of carbonyl (C=O) groups is 1. The number of aromatic carboxylic acids is 1. The van der Waals surface area contributed by atoms with Gasteiger partial charge in [0.1, 0.15) is 11.5 Å². The molecule has 0 amide bonds. The number of hydrogen-bond acceptors (Lipinski definition) is 4. The number of carboxylic acid groups (broad SMARTS) is 1. The molecule has 0 radical (unpaired) electrons. The van der Waals surface area contributed by atoms with Crippen molar-refractivity contribution in [3.8, 4) is 11.3 Å². The minimum atomic E-state index is -1.21. The zero-order chi connectivity index (χ0) is 13.3. The second-order valence-electron chi connectivity index (χ2n) is 3.94. The number of carboxylic acids is 1. The lowest BCUT2D eigenvalue weighted by Crippen LogP contribution is -2.10. The van der Waals surface area contributed by atoms with Crippen LogP contribution in [0.4, 0.5) is 10.1 Å². The lowest BCUT2D eigenvalue weighted by molar-refractivity contribution is 0.0652. The monoisotopic (exact) mass is 250 g/mol. The molecular weight excluding hydrogens is 239 g/mol. The van der Waals surface area contributed by atoms with Crippen molar-refractivity contribution in [2.24, 2.45) is 0 Å². The van der Waals surface area contributed by atoms with E-state index >= 15 is 0 Å². The molecule has 0 aliphatic carbocycles. The fourth-order valence-electron chi connectivity index (χ4n) is 1.54. The van der Waals surface area contributed by atoms with Crippen LogP contribution >= 0.6 is 0 Å². The summed E-state index contributed by atoms with van der Waals surface area (Å²) >= 11 is 0. The minimum Gasteiger partial charge on any atom is -0.475 e. The van der Waals surface area contributed by atoms with Gasteiger partial charge in [0.05, 0.1) is 5.69 Å². The minimum absolute atomic E-state index is 0.276. The van der Waals surface area contributed by atoms with Gasteiger partial charge >= 0.3 is 5.97 Å². The van der Waals surface area contributed by atoms with Gasteiger partial charge in [0.2, 0.25) is 5.76 Å². The molecule has 1 heterocycles. The highest BCUT2D eigenvalue weighted by Crippen LogP contribution is 2.25. The Balaban J connectivity index is 2.39. The predicted molar refractivity (Wildman–Crippen MR) is 63.2 cm³/mol. The molecule has 0 aliphatic heterocycles. The summed E-state index contributed by atoms with van der Waals surface area (Å²) in [6.45, 7) is 0. The molecule has 94 valence electrons. The maximum atomic E-state index is 13.7. The second-order valence-corrected chi connectivity index (χ2v) is 3.94. The van der Waals surface area contributed by atoms with E-state index in [1.165, 1.54) is 12.1 Å². The van der Waals surface area contributed by atoms with Crippen LogP contribution in [0.5, 0.6) is 0 Å². The highest BCUT2D eigenvalue weighted by atomic mass is 19.1. The van der Waals surface area contributed by atoms with Crippen molar-refractivity contribution in [3.63, 3.8) is 0 Å². The molecule has 1 aromatic heterocycles. The van der Waals surface area contributed by atoms with Gasteiger partial charge in [-0.2, -0.15) is 0 Å². The Kier molecular flexibility index (Phi) is 3.01. The van der Waals surface area contributed by atoms with Crippen molar-refractivity contribution in [2.45, 2.75) is 0 Å². The van der Waals surface area contributed by atoms with Crippen LogP contribution in [0, 0.1) is 5.82 Å². The molecular formula is C12H11FN2O3. The third-order valence-electron chi connectivity index (χ3n) is 2.45. The van der Waals surface area contributed by atoms with Gasteiger partial charge in [0.15, 0.2) is 0 Å². The van der Waals surface area contributed by atoms with Crippen LogP contribution in [-0.2, 0) is 0 Å². The van der Waals surface area contributed by atoms with Crippen LogP contribution in [0.25, 0.3) is 11.3 Å². The zero-order valence-electron chi connectivity index (χ0n) is 9.85. The van der Waals surface area contributed by atoms with Crippen molar-refractivity contribution in [2.75, 3.05) is 19.0 Å². The quantitative estimate of drug-likeness (QED) is 0.904. The molecule has 2 rings (SSSR count). The average molecular weight is 250 g/mol. The highest BCUT2D eigenvalue weighted by molar-refractivity contribution is 5.85. The number of anilines is 1. The molecule has 0 atom stereocenters. The van der Waals surface area contributed by atoms with E-state index in [2.05, 4.69) is 9.68 Å². The molecule has 0 bridgehead atoms. The number of nitrogens with zero attached hydrogens (tertiary/aromatic N) is 2. The summed E-state index contributed by atoms with van der Waals surface area (Å²) in [5.74, 6) is -1.89. The number of rotatable bonds is 3. The van der Waals surface area contributed by atoms with E-state index in [4.69, 9.17) is 5.11 Å². The Morgan fingerprint density at radius 3 is 2.61 bits per heavy atom. The lowest BCUT2D eigenvalue weighted by atomic mass is 10.1. The summed E-state index contributed by atoms with van der Waals surface area (Å²) < 4.78 is 18.4. The highest BCUT2D eigenvalue weighted by Gasteiger charge is 2.14. The fourth-order valence-corrected chi connectivity index (χ4v) is 1.54. The van der Waals surface area contributed by atoms with Crippen molar-refractivity contribution in [1.82, 2.24) is 5.16 Å². The van der Waals surface area contributed by atoms with Crippen molar-refractivity contribution in [1.29, 1.82) is 0 Å². The fraction of sp³-hybridized carbons (Fsp3) is 0.167. The first-order chi connectivity index (χ1) is 8.49. The summed E-state index contributed by atoms with van der Waals surface area (Å²) in [4.78, 5) is 12.3. The third kappa shape index (κ3) is 2.17. The summed E-state index contributed by atoms with van der Waals surface area (Å²) in [5, 5.41) is 12.3. The Labute approximate surface area is 102 Å². The van der Waals surface area contributed by atoms with E-state index in [9.17, 15) is 9.18 Å². The SMILES string of the molecule is CN(C)c1ccc(-c2cc(C(=O)O)on2)cc1F. The first-order valence-electron chi connectivity index (χ1n) is 5.16. The van der Waals surface area contributed by atoms with E-state index in [1.807, 2.05) is 0 Å². The Hall–Kier alpha value is -2.37. The van der Waals surface area contributed by atoms with Gasteiger partial charge in [-0.1, -0.05) is 11.2 Å². The predicted octanol–water partition coefficient (Wildman–Crippen LogP) is 2.24. The molecule has 0 fully saturated rings. The molecule has 1 N–H and O–H groups in total. The van der Waals surface area contributed by atoms with Gasteiger partial charge in [-0.25, -0.2) is 9.18 Å². The molecule has 2 aromatic rings. The van der Waals surface area contributed by atoms with Gasteiger partial charge in [0.25, 0.3) is 0 Å². The van der Waals surface area contributed by atoms with E-state index in [1.54, 1.807) is 31.1 Å². The van der Waals surface area contributed by atoms with Gasteiger partial charge < -0.3 is 14.5 Å². The molecule has 0 saturated heterocycles. The largest absolute Gasteiger partial charge is 0.475 e. The van der Waals surface area contributed by atoms with E-state index < -0.39 is 11.8 Å². The maximum Gasteiger partial charge on any atom is 0.374 e. The number of hydrogen-bond donors (Lipinski definition) is 1. The van der Waals surface area contributed by atoms with Crippen LogP contribution in [0.1, 0.15) is 10.6 Å². The summed E-state index contributed by atoms with van der Waals surface area (Å²) in [6, 6.07) is 5.80. The van der Waals surface area contributed by atoms with Crippen LogP contribution in [0.2, 0.25) is 0 Å². The molecule has 6 heteroatoms. The summed E-state index contributed by atoms with van der Waals surface area (Å²) in [5.41, 5.74) is 1.20. The van der Waals surface area contributed by atoms with Gasteiger partial charge in [-0.15, -0.1) is 0 Å². The molecule has 5 nitrogen and oxygen atoms in total. The molecule has 1 aromatic carbocycles. The van der Waals surface area contributed by atoms with Crippen molar-refractivity contribution < 1.29 is 18.8 Å². The molecule has 0 aliphatic rings. The molecule has 0 unspecified atom stereocenters. The van der Waals surface area contributed by atoms with Gasteiger partial charge in [-0.05, 0) is 12.1 Å². The summed E-state index contributed by atoms with van der Waals surface area (Å²) in [6.07, 6.45) is 0. The Bertz CT molecular complexity index is 593. The summed E-state index contributed by atoms with van der Waals surface area (Å²) in [7, 11) is 3.47. The topological polar surface area (TPSA) is 66.6 Å². The van der Waals surface area contributed by atoms with Crippen LogP contribution in [-0.4, -0.2) is 30.3 Å². The zero-order valence-corrected chi connectivity index (χ0v) is 9.85.